The van der Waals surface area contributed by atoms with Crippen LogP contribution in [-0.2, 0) is 0 Å². The normalized spacial score (nSPS) is 25.5. The molecule has 1 fully saturated rings. The summed E-state index contributed by atoms with van der Waals surface area (Å²) in [4.78, 5) is 0. The molecule has 0 heterocycles. The Morgan fingerprint density at radius 3 is 2.80 bits per heavy atom. The first-order valence-corrected chi connectivity index (χ1v) is 5.73. The standard InChI is InChI=1S/C12H16ClNO/c1-8-5-6-11(9(13)7-8)15-12-4-2-3-10(12)14/h5-7,10,12H,2-4,14H2,1H3. The summed E-state index contributed by atoms with van der Waals surface area (Å²) in [6.07, 6.45) is 3.36. The van der Waals surface area contributed by atoms with Crippen molar-refractivity contribution in [1.82, 2.24) is 0 Å². The van der Waals surface area contributed by atoms with Crippen LogP contribution in [0.2, 0.25) is 5.02 Å². The van der Waals surface area contributed by atoms with Crippen LogP contribution < -0.4 is 10.5 Å². The summed E-state index contributed by atoms with van der Waals surface area (Å²) in [5.74, 6) is 0.754. The molecule has 0 radical (unpaired) electrons. The lowest BCUT2D eigenvalue weighted by atomic mass is 10.2. The highest BCUT2D eigenvalue weighted by molar-refractivity contribution is 6.32. The highest BCUT2D eigenvalue weighted by Crippen LogP contribution is 2.29. The number of halogens is 1. The lowest BCUT2D eigenvalue weighted by molar-refractivity contribution is 0.192. The first-order valence-electron chi connectivity index (χ1n) is 5.35. The molecule has 2 unspecified atom stereocenters. The molecule has 0 amide bonds. The summed E-state index contributed by atoms with van der Waals surface area (Å²) in [6, 6.07) is 5.99. The summed E-state index contributed by atoms with van der Waals surface area (Å²) in [5.41, 5.74) is 7.08. The number of benzene rings is 1. The van der Waals surface area contributed by atoms with Gasteiger partial charge in [-0.1, -0.05) is 17.7 Å². The molecule has 1 aromatic rings. The van der Waals surface area contributed by atoms with Gasteiger partial charge in [0.05, 0.1) is 5.02 Å². The van der Waals surface area contributed by atoms with Crippen LogP contribution in [-0.4, -0.2) is 12.1 Å². The lowest BCUT2D eigenvalue weighted by Crippen LogP contribution is -2.33. The maximum Gasteiger partial charge on any atom is 0.138 e. The van der Waals surface area contributed by atoms with Crippen LogP contribution in [0.5, 0.6) is 5.75 Å². The molecule has 2 nitrogen and oxygen atoms in total. The van der Waals surface area contributed by atoms with Crippen molar-refractivity contribution >= 4 is 11.6 Å². The second-order valence-corrected chi connectivity index (χ2v) is 4.59. The fourth-order valence-electron chi connectivity index (χ4n) is 1.97. The molecule has 1 aromatic carbocycles. The third-order valence-electron chi connectivity index (χ3n) is 2.87. The first-order chi connectivity index (χ1) is 7.16. The van der Waals surface area contributed by atoms with Gasteiger partial charge in [0.15, 0.2) is 0 Å². The van der Waals surface area contributed by atoms with Crippen LogP contribution >= 0.6 is 11.6 Å². The topological polar surface area (TPSA) is 35.2 Å². The number of ether oxygens (including phenoxy) is 1. The molecule has 1 aliphatic carbocycles. The minimum atomic E-state index is 0.130. The predicted octanol–water partition coefficient (Wildman–Crippen LogP) is 2.91. The Morgan fingerprint density at radius 2 is 2.20 bits per heavy atom. The number of nitrogens with two attached hydrogens (primary N) is 1. The van der Waals surface area contributed by atoms with E-state index in [1.54, 1.807) is 0 Å². The first kappa shape index (κ1) is 10.8. The maximum atomic E-state index is 6.09. The number of hydrogen-bond donors (Lipinski definition) is 1. The molecular formula is C12H16ClNO. The van der Waals surface area contributed by atoms with Gasteiger partial charge in [-0.2, -0.15) is 0 Å². The average Bonchev–Trinajstić information content (AvgIpc) is 2.57. The van der Waals surface area contributed by atoms with Crippen molar-refractivity contribution in [2.75, 3.05) is 0 Å². The molecule has 15 heavy (non-hydrogen) atoms. The Labute approximate surface area is 95.4 Å². The molecule has 2 N–H and O–H groups in total. The third kappa shape index (κ3) is 2.44. The minimum absolute atomic E-state index is 0.130. The molecule has 3 heteroatoms. The Hall–Kier alpha value is -0.730. The van der Waals surface area contributed by atoms with Gasteiger partial charge >= 0.3 is 0 Å². The van der Waals surface area contributed by atoms with Crippen molar-refractivity contribution in [1.29, 1.82) is 0 Å². The summed E-state index contributed by atoms with van der Waals surface area (Å²) in [6.45, 7) is 2.01. The van der Waals surface area contributed by atoms with Crippen LogP contribution in [0.1, 0.15) is 24.8 Å². The van der Waals surface area contributed by atoms with E-state index in [-0.39, 0.29) is 12.1 Å². The van der Waals surface area contributed by atoms with Crippen LogP contribution in [0.15, 0.2) is 18.2 Å². The van der Waals surface area contributed by atoms with E-state index < -0.39 is 0 Å². The van der Waals surface area contributed by atoms with Gasteiger partial charge in [-0.15, -0.1) is 0 Å². The van der Waals surface area contributed by atoms with Gasteiger partial charge in [-0.05, 0) is 43.9 Å². The molecular weight excluding hydrogens is 210 g/mol. The average molecular weight is 226 g/mol. The van der Waals surface area contributed by atoms with Gasteiger partial charge in [0.1, 0.15) is 11.9 Å². The van der Waals surface area contributed by atoms with Gasteiger partial charge in [-0.3, -0.25) is 0 Å². The zero-order valence-corrected chi connectivity index (χ0v) is 9.63. The maximum absolute atomic E-state index is 6.09. The van der Waals surface area contributed by atoms with E-state index in [0.717, 1.165) is 30.6 Å². The van der Waals surface area contributed by atoms with Gasteiger partial charge in [0.2, 0.25) is 0 Å². The molecule has 2 rings (SSSR count). The van der Waals surface area contributed by atoms with Gasteiger partial charge < -0.3 is 10.5 Å². The fraction of sp³-hybridized carbons (Fsp3) is 0.500. The molecule has 0 aromatic heterocycles. The van der Waals surface area contributed by atoms with Gasteiger partial charge in [0.25, 0.3) is 0 Å². The van der Waals surface area contributed by atoms with Crippen LogP contribution in [0, 0.1) is 6.92 Å². The molecule has 2 atom stereocenters. The van der Waals surface area contributed by atoms with Gasteiger partial charge in [-0.25, -0.2) is 0 Å². The highest BCUT2D eigenvalue weighted by atomic mass is 35.5. The third-order valence-corrected chi connectivity index (χ3v) is 3.16. The molecule has 0 saturated heterocycles. The molecule has 1 aliphatic rings. The Bertz CT molecular complexity index is 353. The summed E-state index contributed by atoms with van der Waals surface area (Å²) < 4.78 is 5.82. The molecule has 0 aliphatic heterocycles. The quantitative estimate of drug-likeness (QED) is 0.840. The Balaban J connectivity index is 2.10. The SMILES string of the molecule is Cc1ccc(OC2CCCC2N)c(Cl)c1. The number of hydrogen-bond acceptors (Lipinski definition) is 2. The van der Waals surface area contributed by atoms with Crippen molar-refractivity contribution in [2.45, 2.75) is 38.3 Å². The minimum Gasteiger partial charge on any atom is -0.487 e. The van der Waals surface area contributed by atoms with Crippen molar-refractivity contribution in [3.8, 4) is 5.75 Å². The van der Waals surface area contributed by atoms with Crippen molar-refractivity contribution in [2.24, 2.45) is 5.73 Å². The van der Waals surface area contributed by atoms with E-state index in [9.17, 15) is 0 Å². The van der Waals surface area contributed by atoms with E-state index in [0.29, 0.717) is 5.02 Å². The second kappa shape index (κ2) is 4.42. The molecule has 1 saturated carbocycles. The van der Waals surface area contributed by atoms with Crippen molar-refractivity contribution < 1.29 is 4.74 Å². The zero-order chi connectivity index (χ0) is 10.8. The smallest absolute Gasteiger partial charge is 0.138 e. The monoisotopic (exact) mass is 225 g/mol. The van der Waals surface area contributed by atoms with E-state index >= 15 is 0 Å². The highest BCUT2D eigenvalue weighted by Gasteiger charge is 2.26. The van der Waals surface area contributed by atoms with E-state index in [1.165, 1.54) is 0 Å². The van der Waals surface area contributed by atoms with E-state index in [1.807, 2.05) is 25.1 Å². The number of rotatable bonds is 2. The fourth-order valence-corrected chi connectivity index (χ4v) is 2.25. The summed E-state index contributed by atoms with van der Waals surface area (Å²) in [7, 11) is 0. The van der Waals surface area contributed by atoms with E-state index in [2.05, 4.69) is 0 Å². The summed E-state index contributed by atoms with van der Waals surface area (Å²) in [5, 5.41) is 0.675. The van der Waals surface area contributed by atoms with Crippen LogP contribution in [0.3, 0.4) is 0 Å². The Kier molecular flexibility index (Phi) is 3.17. The van der Waals surface area contributed by atoms with Crippen molar-refractivity contribution in [3.63, 3.8) is 0 Å². The number of aryl methyl sites for hydroxylation is 1. The summed E-state index contributed by atoms with van der Waals surface area (Å²) >= 11 is 6.09. The predicted molar refractivity (Wildman–Crippen MR) is 62.4 cm³/mol. The zero-order valence-electron chi connectivity index (χ0n) is 8.87. The van der Waals surface area contributed by atoms with Crippen molar-refractivity contribution in [3.05, 3.63) is 28.8 Å². The van der Waals surface area contributed by atoms with Crippen LogP contribution in [0.4, 0.5) is 0 Å². The molecule has 0 spiro atoms. The van der Waals surface area contributed by atoms with E-state index in [4.69, 9.17) is 22.1 Å². The van der Waals surface area contributed by atoms with Crippen LogP contribution in [0.25, 0.3) is 0 Å². The largest absolute Gasteiger partial charge is 0.487 e. The molecule has 0 bridgehead atoms. The second-order valence-electron chi connectivity index (χ2n) is 4.18. The Morgan fingerprint density at radius 1 is 1.40 bits per heavy atom. The van der Waals surface area contributed by atoms with Gasteiger partial charge in [0, 0.05) is 6.04 Å². The lowest BCUT2D eigenvalue weighted by Gasteiger charge is -2.18. The molecule has 82 valence electrons.